The first-order valence-electron chi connectivity index (χ1n) is 5.83. The van der Waals surface area contributed by atoms with Crippen LogP contribution in [0.3, 0.4) is 0 Å². The topological polar surface area (TPSA) is 104 Å². The monoisotopic (exact) mass is 305 g/mol. The molecule has 0 fully saturated rings. The van der Waals surface area contributed by atoms with E-state index in [0.717, 1.165) is 12.1 Å². The van der Waals surface area contributed by atoms with Crippen LogP contribution in [0.4, 0.5) is 4.39 Å². The van der Waals surface area contributed by atoms with Crippen LogP contribution in [0, 0.1) is 18.7 Å². The molecule has 0 heterocycles. The molecular weight excluding hydrogens is 289 g/mol. The minimum absolute atomic E-state index is 0.00232. The predicted octanol–water partition coefficient (Wildman–Crippen LogP) is 0.739. The smallest absolute Gasteiger partial charge is 0.338 e. The third-order valence-corrected chi connectivity index (χ3v) is 4.11. The summed E-state index contributed by atoms with van der Waals surface area (Å²) < 4.78 is 39.8. The van der Waals surface area contributed by atoms with Gasteiger partial charge in [0.25, 0.3) is 0 Å². The summed E-state index contributed by atoms with van der Waals surface area (Å²) in [5.41, 5.74) is -0.763. The van der Waals surface area contributed by atoms with Crippen LogP contribution in [0.25, 0.3) is 0 Å². The third kappa shape index (κ3) is 3.75. The molecule has 0 saturated carbocycles. The molecule has 0 aliphatic carbocycles. The van der Waals surface area contributed by atoms with Gasteiger partial charge in [-0.1, -0.05) is 6.92 Å². The molecule has 1 rings (SSSR count). The number of nitrogens with one attached hydrogen (secondary N) is 1. The first kappa shape index (κ1) is 16.5. The van der Waals surface area contributed by atoms with Crippen LogP contribution in [0.15, 0.2) is 17.0 Å². The van der Waals surface area contributed by atoms with Gasteiger partial charge in [-0.2, -0.15) is 0 Å². The molecule has 1 aromatic carbocycles. The number of carboxylic acids is 1. The maximum Gasteiger partial charge on any atom is 0.338 e. The number of rotatable bonds is 6. The fourth-order valence-corrected chi connectivity index (χ4v) is 2.72. The predicted molar refractivity (Wildman–Crippen MR) is 69.5 cm³/mol. The van der Waals surface area contributed by atoms with Crippen LogP contribution in [0.2, 0.25) is 0 Å². The van der Waals surface area contributed by atoms with Gasteiger partial charge < -0.3 is 10.2 Å². The number of aryl methyl sites for hydroxylation is 1. The van der Waals surface area contributed by atoms with Crippen LogP contribution < -0.4 is 4.72 Å². The first-order valence-corrected chi connectivity index (χ1v) is 7.31. The number of benzene rings is 1. The van der Waals surface area contributed by atoms with Crippen molar-refractivity contribution in [1.82, 2.24) is 4.72 Å². The van der Waals surface area contributed by atoms with E-state index in [1.807, 2.05) is 0 Å². The van der Waals surface area contributed by atoms with Crippen LogP contribution in [-0.2, 0) is 10.0 Å². The normalized spacial score (nSPS) is 13.2. The molecule has 0 spiro atoms. The minimum Gasteiger partial charge on any atom is -0.478 e. The molecule has 1 aromatic rings. The maximum absolute atomic E-state index is 13.6. The SMILES string of the molecule is Cc1cc(S(=O)(=O)NCC(C)CO)cc(C(=O)O)c1F. The zero-order valence-corrected chi connectivity index (χ0v) is 11.9. The molecule has 0 saturated heterocycles. The summed E-state index contributed by atoms with van der Waals surface area (Å²) in [7, 11) is -3.95. The number of aliphatic hydroxyl groups excluding tert-OH is 1. The maximum atomic E-state index is 13.6. The fourth-order valence-electron chi connectivity index (χ4n) is 1.45. The van der Waals surface area contributed by atoms with Crippen molar-refractivity contribution in [3.05, 3.63) is 29.1 Å². The van der Waals surface area contributed by atoms with E-state index in [0.29, 0.717) is 0 Å². The van der Waals surface area contributed by atoms with Crippen LogP contribution in [-0.4, -0.2) is 37.8 Å². The van der Waals surface area contributed by atoms with E-state index < -0.39 is 27.4 Å². The third-order valence-electron chi connectivity index (χ3n) is 2.70. The number of sulfonamides is 1. The van der Waals surface area contributed by atoms with E-state index >= 15 is 0 Å². The van der Waals surface area contributed by atoms with Crippen molar-refractivity contribution in [2.45, 2.75) is 18.7 Å². The Balaban J connectivity index is 3.16. The Bertz CT molecular complexity index is 615. The molecule has 20 heavy (non-hydrogen) atoms. The highest BCUT2D eigenvalue weighted by atomic mass is 32.2. The van der Waals surface area contributed by atoms with Crippen molar-refractivity contribution < 1.29 is 27.8 Å². The lowest BCUT2D eigenvalue weighted by molar-refractivity contribution is 0.0691. The fraction of sp³-hybridized carbons (Fsp3) is 0.417. The average molecular weight is 305 g/mol. The molecule has 6 nitrogen and oxygen atoms in total. The molecule has 1 atom stereocenters. The van der Waals surface area contributed by atoms with Gasteiger partial charge in [0.15, 0.2) is 0 Å². The van der Waals surface area contributed by atoms with Gasteiger partial charge in [0.05, 0.1) is 10.5 Å². The number of carboxylic acid groups (broad SMARTS) is 1. The molecular formula is C12H16FNO5S. The largest absolute Gasteiger partial charge is 0.478 e. The summed E-state index contributed by atoms with van der Waals surface area (Å²) >= 11 is 0. The molecule has 112 valence electrons. The Labute approximate surface area is 116 Å². The number of hydrogen-bond acceptors (Lipinski definition) is 4. The number of halogens is 1. The summed E-state index contributed by atoms with van der Waals surface area (Å²) in [5.74, 6) is -2.78. The minimum atomic E-state index is -3.95. The Morgan fingerprint density at radius 3 is 2.55 bits per heavy atom. The summed E-state index contributed by atoms with van der Waals surface area (Å²) in [6, 6.07) is 1.84. The second kappa shape index (κ2) is 6.29. The zero-order chi connectivity index (χ0) is 15.5. The van der Waals surface area contributed by atoms with Gasteiger partial charge in [-0.25, -0.2) is 22.3 Å². The lowest BCUT2D eigenvalue weighted by Crippen LogP contribution is -2.30. The van der Waals surface area contributed by atoms with Crippen LogP contribution in [0.1, 0.15) is 22.8 Å². The van der Waals surface area contributed by atoms with Gasteiger partial charge in [0.1, 0.15) is 5.82 Å². The van der Waals surface area contributed by atoms with Gasteiger partial charge in [0.2, 0.25) is 10.0 Å². The summed E-state index contributed by atoms with van der Waals surface area (Å²) in [6.07, 6.45) is 0. The summed E-state index contributed by atoms with van der Waals surface area (Å²) in [6.45, 7) is 2.74. The number of aliphatic hydroxyl groups is 1. The Hall–Kier alpha value is -1.51. The van der Waals surface area contributed by atoms with Crippen molar-refractivity contribution in [2.24, 2.45) is 5.92 Å². The quantitative estimate of drug-likeness (QED) is 0.719. The second-order valence-electron chi connectivity index (χ2n) is 4.55. The number of carbonyl (C=O) groups is 1. The highest BCUT2D eigenvalue weighted by Gasteiger charge is 2.21. The molecule has 0 amide bonds. The zero-order valence-electron chi connectivity index (χ0n) is 11.1. The van der Waals surface area contributed by atoms with Crippen LogP contribution >= 0.6 is 0 Å². The van der Waals surface area contributed by atoms with Crippen molar-refractivity contribution >= 4 is 16.0 Å². The van der Waals surface area contributed by atoms with E-state index in [-0.39, 0.29) is 29.5 Å². The lowest BCUT2D eigenvalue weighted by atomic mass is 10.1. The molecule has 0 aliphatic rings. The van der Waals surface area contributed by atoms with Gasteiger partial charge in [-0.3, -0.25) is 0 Å². The first-order chi connectivity index (χ1) is 9.19. The van der Waals surface area contributed by atoms with Crippen LogP contribution in [0.5, 0.6) is 0 Å². The highest BCUT2D eigenvalue weighted by molar-refractivity contribution is 7.89. The van der Waals surface area contributed by atoms with E-state index in [1.165, 1.54) is 6.92 Å². The van der Waals surface area contributed by atoms with Crippen molar-refractivity contribution in [3.63, 3.8) is 0 Å². The number of aromatic carboxylic acids is 1. The highest BCUT2D eigenvalue weighted by Crippen LogP contribution is 2.19. The summed E-state index contributed by atoms with van der Waals surface area (Å²) in [4.78, 5) is 10.6. The van der Waals surface area contributed by atoms with Crippen molar-refractivity contribution in [3.8, 4) is 0 Å². The lowest BCUT2D eigenvalue weighted by Gasteiger charge is -2.12. The molecule has 1 unspecified atom stereocenters. The van der Waals surface area contributed by atoms with Gasteiger partial charge >= 0.3 is 5.97 Å². The summed E-state index contributed by atoms with van der Waals surface area (Å²) in [5, 5.41) is 17.7. The Kier molecular flexibility index (Phi) is 5.21. The van der Waals surface area contributed by atoms with Gasteiger partial charge in [0, 0.05) is 13.2 Å². The molecule has 0 radical (unpaired) electrons. The molecule has 3 N–H and O–H groups in total. The Morgan fingerprint density at radius 1 is 1.45 bits per heavy atom. The molecule has 0 aromatic heterocycles. The van der Waals surface area contributed by atoms with E-state index in [1.54, 1.807) is 6.92 Å². The van der Waals surface area contributed by atoms with Crippen molar-refractivity contribution in [2.75, 3.05) is 13.2 Å². The second-order valence-corrected chi connectivity index (χ2v) is 6.31. The van der Waals surface area contributed by atoms with Gasteiger partial charge in [-0.15, -0.1) is 0 Å². The van der Waals surface area contributed by atoms with E-state index in [9.17, 15) is 17.6 Å². The molecule has 8 heteroatoms. The standard InChI is InChI=1S/C12H16FNO5S/c1-7(6-15)5-14-20(18,19)9-3-8(2)11(13)10(4-9)12(16)17/h3-4,7,14-15H,5-6H2,1-2H3,(H,16,17). The van der Waals surface area contributed by atoms with E-state index in [4.69, 9.17) is 10.2 Å². The average Bonchev–Trinajstić information content (AvgIpc) is 2.38. The molecule has 0 bridgehead atoms. The van der Waals surface area contributed by atoms with E-state index in [2.05, 4.69) is 4.72 Å². The number of hydrogen-bond donors (Lipinski definition) is 3. The van der Waals surface area contributed by atoms with Gasteiger partial charge in [-0.05, 0) is 30.5 Å². The Morgan fingerprint density at radius 2 is 2.05 bits per heavy atom. The van der Waals surface area contributed by atoms with Crippen molar-refractivity contribution in [1.29, 1.82) is 0 Å². The molecule has 0 aliphatic heterocycles.